The summed E-state index contributed by atoms with van der Waals surface area (Å²) in [6, 6.07) is 12.5. The molecule has 0 aliphatic carbocycles. The quantitative estimate of drug-likeness (QED) is 0.806. The fourth-order valence-corrected chi connectivity index (χ4v) is 3.18. The molecule has 1 saturated heterocycles. The van der Waals surface area contributed by atoms with Crippen LogP contribution in [0.3, 0.4) is 0 Å². The fourth-order valence-electron chi connectivity index (χ4n) is 3.18. The molecule has 4 nitrogen and oxygen atoms in total. The Balaban J connectivity index is 1.87. The lowest BCUT2D eigenvalue weighted by molar-refractivity contribution is 0.606. The zero-order valence-corrected chi connectivity index (χ0v) is 15.5. The molecule has 1 aromatic heterocycles. The Bertz CT molecular complexity index is 646. The van der Waals surface area contributed by atoms with Crippen molar-refractivity contribution in [1.29, 1.82) is 0 Å². The molecule has 0 spiro atoms. The van der Waals surface area contributed by atoms with Gasteiger partial charge < -0.3 is 10.2 Å². The second-order valence-corrected chi connectivity index (χ2v) is 7.32. The summed E-state index contributed by atoms with van der Waals surface area (Å²) in [7, 11) is 0. The molecule has 0 saturated carbocycles. The van der Waals surface area contributed by atoms with Crippen molar-refractivity contribution in [1.82, 2.24) is 9.97 Å². The predicted octanol–water partition coefficient (Wildman–Crippen LogP) is 4.98. The molecule has 0 bridgehead atoms. The molecule has 1 aliphatic rings. The Labute approximate surface area is 151 Å². The van der Waals surface area contributed by atoms with E-state index in [1.807, 2.05) is 6.07 Å². The van der Waals surface area contributed by atoms with Crippen molar-refractivity contribution in [2.45, 2.75) is 46.0 Å². The van der Waals surface area contributed by atoms with E-state index in [1.54, 1.807) is 0 Å². The number of nitrogens with one attached hydrogen (secondary N) is 1. The van der Waals surface area contributed by atoms with Crippen LogP contribution in [-0.2, 0) is 0 Å². The normalized spacial score (nSPS) is 15.2. The number of hydrogen-bond acceptors (Lipinski definition) is 4. The first-order valence-corrected chi connectivity index (χ1v) is 9.66. The molecule has 1 aromatic carbocycles. The van der Waals surface area contributed by atoms with Crippen LogP contribution >= 0.6 is 0 Å². The van der Waals surface area contributed by atoms with Crippen molar-refractivity contribution in [2.75, 3.05) is 29.9 Å². The van der Waals surface area contributed by atoms with Crippen LogP contribution in [0.4, 0.5) is 11.8 Å². The summed E-state index contributed by atoms with van der Waals surface area (Å²) in [6.45, 7) is 7.56. The molecule has 0 unspecified atom stereocenters. The van der Waals surface area contributed by atoms with Gasteiger partial charge >= 0.3 is 0 Å². The SMILES string of the molecule is CC(C)CCNc1cc(-c2ccccc2)nc(N2CCCCCC2)n1. The fraction of sp³-hybridized carbons (Fsp3) is 0.524. The van der Waals surface area contributed by atoms with Gasteiger partial charge in [0.25, 0.3) is 0 Å². The topological polar surface area (TPSA) is 41.1 Å². The van der Waals surface area contributed by atoms with Gasteiger partial charge in [-0.05, 0) is 25.2 Å². The minimum atomic E-state index is 0.688. The lowest BCUT2D eigenvalue weighted by Crippen LogP contribution is -2.26. The van der Waals surface area contributed by atoms with E-state index in [9.17, 15) is 0 Å². The first-order chi connectivity index (χ1) is 12.2. The van der Waals surface area contributed by atoms with Gasteiger partial charge in [-0.25, -0.2) is 4.98 Å². The summed E-state index contributed by atoms with van der Waals surface area (Å²) in [5, 5.41) is 3.50. The maximum atomic E-state index is 4.89. The standard InChI is InChI=1S/C21H30N4/c1-17(2)12-13-22-20-16-19(18-10-6-5-7-11-18)23-21(24-20)25-14-8-3-4-9-15-25/h5-7,10-11,16-17H,3-4,8-9,12-15H2,1-2H3,(H,22,23,24). The Morgan fingerprint density at radius 2 is 1.72 bits per heavy atom. The highest BCUT2D eigenvalue weighted by Crippen LogP contribution is 2.24. The van der Waals surface area contributed by atoms with Crippen LogP contribution in [0, 0.1) is 5.92 Å². The molecule has 25 heavy (non-hydrogen) atoms. The third-order valence-corrected chi connectivity index (χ3v) is 4.70. The van der Waals surface area contributed by atoms with Crippen molar-refractivity contribution < 1.29 is 0 Å². The highest BCUT2D eigenvalue weighted by atomic mass is 15.3. The van der Waals surface area contributed by atoms with Crippen LogP contribution in [0.1, 0.15) is 46.0 Å². The summed E-state index contributed by atoms with van der Waals surface area (Å²) in [6.07, 6.45) is 6.23. The Kier molecular flexibility index (Phi) is 6.26. The van der Waals surface area contributed by atoms with E-state index in [2.05, 4.69) is 54.4 Å². The molecule has 0 amide bonds. The maximum absolute atomic E-state index is 4.89. The largest absolute Gasteiger partial charge is 0.370 e. The lowest BCUT2D eigenvalue weighted by Gasteiger charge is -2.22. The summed E-state index contributed by atoms with van der Waals surface area (Å²) >= 11 is 0. The van der Waals surface area contributed by atoms with Gasteiger partial charge in [0.2, 0.25) is 5.95 Å². The molecule has 4 heteroatoms. The summed E-state index contributed by atoms with van der Waals surface area (Å²) in [5.41, 5.74) is 2.15. The Morgan fingerprint density at radius 3 is 2.40 bits per heavy atom. The average Bonchev–Trinajstić information content (AvgIpc) is 2.91. The molecule has 134 valence electrons. The first-order valence-electron chi connectivity index (χ1n) is 9.66. The number of benzene rings is 1. The molecule has 1 N–H and O–H groups in total. The summed E-state index contributed by atoms with van der Waals surface area (Å²) in [5.74, 6) is 2.50. The minimum Gasteiger partial charge on any atom is -0.370 e. The zero-order chi connectivity index (χ0) is 17.5. The van der Waals surface area contributed by atoms with E-state index in [-0.39, 0.29) is 0 Å². The summed E-state index contributed by atoms with van der Waals surface area (Å²) in [4.78, 5) is 12.1. The van der Waals surface area contributed by atoms with E-state index in [1.165, 1.54) is 25.7 Å². The van der Waals surface area contributed by atoms with E-state index >= 15 is 0 Å². The van der Waals surface area contributed by atoms with Gasteiger partial charge in [0.15, 0.2) is 0 Å². The van der Waals surface area contributed by atoms with Crippen molar-refractivity contribution in [3.8, 4) is 11.3 Å². The van der Waals surface area contributed by atoms with Crippen molar-refractivity contribution in [2.24, 2.45) is 5.92 Å². The average molecular weight is 338 g/mol. The van der Waals surface area contributed by atoms with Gasteiger partial charge in [0.05, 0.1) is 5.69 Å². The third-order valence-electron chi connectivity index (χ3n) is 4.70. The van der Waals surface area contributed by atoms with Gasteiger partial charge in [-0.1, -0.05) is 57.0 Å². The van der Waals surface area contributed by atoms with E-state index in [4.69, 9.17) is 9.97 Å². The minimum absolute atomic E-state index is 0.688. The molecule has 2 aromatic rings. The van der Waals surface area contributed by atoms with E-state index in [0.717, 1.165) is 49.1 Å². The van der Waals surface area contributed by atoms with Gasteiger partial charge in [-0.2, -0.15) is 4.98 Å². The van der Waals surface area contributed by atoms with Crippen LogP contribution < -0.4 is 10.2 Å². The van der Waals surface area contributed by atoms with E-state index < -0.39 is 0 Å². The zero-order valence-electron chi connectivity index (χ0n) is 15.5. The number of rotatable bonds is 6. The van der Waals surface area contributed by atoms with Crippen LogP contribution in [-0.4, -0.2) is 29.6 Å². The Hall–Kier alpha value is -2.10. The second kappa shape index (κ2) is 8.84. The van der Waals surface area contributed by atoms with Gasteiger partial charge in [0, 0.05) is 31.3 Å². The molecule has 1 fully saturated rings. The number of hydrogen-bond donors (Lipinski definition) is 1. The monoisotopic (exact) mass is 338 g/mol. The maximum Gasteiger partial charge on any atom is 0.227 e. The number of nitrogens with zero attached hydrogens (tertiary/aromatic N) is 3. The van der Waals surface area contributed by atoms with Crippen LogP contribution in [0.25, 0.3) is 11.3 Å². The van der Waals surface area contributed by atoms with Crippen molar-refractivity contribution in [3.63, 3.8) is 0 Å². The number of anilines is 2. The van der Waals surface area contributed by atoms with Gasteiger partial charge in [-0.3, -0.25) is 0 Å². The molecule has 2 heterocycles. The van der Waals surface area contributed by atoms with Crippen LogP contribution in [0.2, 0.25) is 0 Å². The molecular weight excluding hydrogens is 308 g/mol. The molecule has 0 radical (unpaired) electrons. The smallest absolute Gasteiger partial charge is 0.227 e. The highest BCUT2D eigenvalue weighted by Gasteiger charge is 2.15. The molecule has 0 atom stereocenters. The Morgan fingerprint density at radius 1 is 1.00 bits per heavy atom. The lowest BCUT2D eigenvalue weighted by atomic mass is 10.1. The first kappa shape index (κ1) is 17.7. The molecule has 1 aliphatic heterocycles. The molecule has 3 rings (SSSR count). The molecular formula is C21H30N4. The van der Waals surface area contributed by atoms with Crippen molar-refractivity contribution in [3.05, 3.63) is 36.4 Å². The van der Waals surface area contributed by atoms with E-state index in [0.29, 0.717) is 5.92 Å². The van der Waals surface area contributed by atoms with Gasteiger partial charge in [-0.15, -0.1) is 0 Å². The third kappa shape index (κ3) is 5.18. The summed E-state index contributed by atoms with van der Waals surface area (Å²) < 4.78 is 0. The van der Waals surface area contributed by atoms with Crippen LogP contribution in [0.15, 0.2) is 36.4 Å². The second-order valence-electron chi connectivity index (χ2n) is 7.32. The van der Waals surface area contributed by atoms with Crippen molar-refractivity contribution >= 4 is 11.8 Å². The van der Waals surface area contributed by atoms with Gasteiger partial charge in [0.1, 0.15) is 5.82 Å². The number of aromatic nitrogens is 2. The van der Waals surface area contributed by atoms with Crippen LogP contribution in [0.5, 0.6) is 0 Å². The highest BCUT2D eigenvalue weighted by molar-refractivity contribution is 5.64. The predicted molar refractivity (Wildman–Crippen MR) is 106 cm³/mol.